The van der Waals surface area contributed by atoms with Crippen molar-refractivity contribution in [2.45, 2.75) is 20.3 Å². The Labute approximate surface area is 201 Å². The van der Waals surface area contributed by atoms with Gasteiger partial charge < -0.3 is 5.32 Å². The number of rotatable bonds is 6. The molecule has 4 rings (SSSR count). The molecule has 0 aliphatic carbocycles. The highest BCUT2D eigenvalue weighted by Gasteiger charge is 2.08. The van der Waals surface area contributed by atoms with Gasteiger partial charge in [-0.2, -0.15) is 0 Å². The third-order valence-corrected chi connectivity index (χ3v) is 5.60. The number of benzene rings is 3. The molecule has 0 unspecified atom stereocenters. The second-order valence-electron chi connectivity index (χ2n) is 7.78. The van der Waals surface area contributed by atoms with Gasteiger partial charge in [0, 0.05) is 31.7 Å². The van der Waals surface area contributed by atoms with E-state index in [1.807, 2.05) is 38.7 Å². The van der Waals surface area contributed by atoms with Gasteiger partial charge in [0.15, 0.2) is 0 Å². The van der Waals surface area contributed by atoms with Gasteiger partial charge in [-0.15, -0.1) is 0 Å². The SMILES string of the molecule is C=Cc1ccc(-n2cnc3ccc(/C(C)=C/C=NC)cc32)cc1NC.CCc1ccc(F)cc1. The van der Waals surface area contributed by atoms with E-state index in [2.05, 4.69) is 69.8 Å². The number of aromatic nitrogens is 2. The van der Waals surface area contributed by atoms with Crippen LogP contribution < -0.4 is 5.32 Å². The summed E-state index contributed by atoms with van der Waals surface area (Å²) >= 11 is 0. The maximum atomic E-state index is 12.2. The van der Waals surface area contributed by atoms with Gasteiger partial charge in [0.05, 0.1) is 11.0 Å². The number of anilines is 1. The van der Waals surface area contributed by atoms with Gasteiger partial charge in [-0.3, -0.25) is 9.56 Å². The van der Waals surface area contributed by atoms with Crippen molar-refractivity contribution in [3.63, 3.8) is 0 Å². The predicted octanol–water partition coefficient (Wildman–Crippen LogP) is 7.20. The summed E-state index contributed by atoms with van der Waals surface area (Å²) in [7, 11) is 3.69. The second-order valence-corrected chi connectivity index (χ2v) is 7.78. The Morgan fingerprint density at radius 2 is 1.88 bits per heavy atom. The summed E-state index contributed by atoms with van der Waals surface area (Å²) in [6, 6.07) is 19.1. The van der Waals surface area contributed by atoms with E-state index in [0.29, 0.717) is 0 Å². The average Bonchev–Trinajstić information content (AvgIpc) is 3.31. The van der Waals surface area contributed by atoms with Crippen LogP contribution in [0, 0.1) is 5.82 Å². The number of halogens is 1. The number of nitrogens with one attached hydrogen (secondary N) is 1. The zero-order chi connectivity index (χ0) is 24.5. The van der Waals surface area contributed by atoms with Gasteiger partial charge in [-0.05, 0) is 78.1 Å². The monoisotopic (exact) mass is 454 g/mol. The number of hydrogen-bond donors (Lipinski definition) is 1. The Morgan fingerprint density at radius 1 is 1.12 bits per heavy atom. The minimum Gasteiger partial charge on any atom is -0.388 e. The largest absolute Gasteiger partial charge is 0.388 e. The summed E-state index contributed by atoms with van der Waals surface area (Å²) < 4.78 is 14.3. The number of nitrogens with zero attached hydrogens (tertiary/aromatic N) is 3. The molecule has 5 heteroatoms. The van der Waals surface area contributed by atoms with Crippen LogP contribution in [0.5, 0.6) is 0 Å². The minimum atomic E-state index is -0.160. The third-order valence-electron chi connectivity index (χ3n) is 5.60. The van der Waals surface area contributed by atoms with Crippen molar-refractivity contribution < 1.29 is 4.39 Å². The lowest BCUT2D eigenvalue weighted by atomic mass is 10.1. The van der Waals surface area contributed by atoms with Crippen molar-refractivity contribution in [2.24, 2.45) is 4.99 Å². The van der Waals surface area contributed by atoms with E-state index in [4.69, 9.17) is 0 Å². The maximum Gasteiger partial charge on any atom is 0.123 e. The molecular weight excluding hydrogens is 423 g/mol. The minimum absolute atomic E-state index is 0.160. The number of aryl methyl sites for hydroxylation is 1. The van der Waals surface area contributed by atoms with Crippen LogP contribution in [0.3, 0.4) is 0 Å². The second kappa shape index (κ2) is 11.8. The van der Waals surface area contributed by atoms with E-state index in [-0.39, 0.29) is 5.82 Å². The van der Waals surface area contributed by atoms with Crippen LogP contribution in [0.4, 0.5) is 10.1 Å². The van der Waals surface area contributed by atoms with E-state index in [1.165, 1.54) is 17.7 Å². The summed E-state index contributed by atoms with van der Waals surface area (Å²) in [5, 5.41) is 3.22. The highest BCUT2D eigenvalue weighted by molar-refractivity contribution is 5.87. The van der Waals surface area contributed by atoms with Crippen molar-refractivity contribution in [1.29, 1.82) is 0 Å². The Kier molecular flexibility index (Phi) is 8.52. The smallest absolute Gasteiger partial charge is 0.123 e. The molecule has 1 N–H and O–H groups in total. The lowest BCUT2D eigenvalue weighted by Gasteiger charge is -2.11. The third kappa shape index (κ3) is 5.87. The quantitative estimate of drug-likeness (QED) is 0.313. The van der Waals surface area contributed by atoms with E-state index in [0.717, 1.165) is 45.5 Å². The molecule has 0 fully saturated rings. The van der Waals surface area contributed by atoms with Crippen molar-refractivity contribution in [2.75, 3.05) is 19.4 Å². The summed E-state index contributed by atoms with van der Waals surface area (Å²) in [5.74, 6) is -0.160. The number of aliphatic imine (C=N–C) groups is 1. The highest BCUT2D eigenvalue weighted by atomic mass is 19.1. The summed E-state index contributed by atoms with van der Waals surface area (Å²) in [6.45, 7) is 8.00. The molecule has 0 atom stereocenters. The van der Waals surface area contributed by atoms with Crippen LogP contribution in [0.15, 0.2) is 84.6 Å². The van der Waals surface area contributed by atoms with Crippen LogP contribution in [-0.2, 0) is 6.42 Å². The first-order valence-electron chi connectivity index (χ1n) is 11.3. The number of hydrogen-bond acceptors (Lipinski definition) is 3. The molecule has 0 saturated carbocycles. The van der Waals surface area contributed by atoms with Crippen LogP contribution in [0.2, 0.25) is 0 Å². The average molecular weight is 455 g/mol. The fraction of sp³-hybridized carbons (Fsp3) is 0.172. The molecule has 34 heavy (non-hydrogen) atoms. The Balaban J connectivity index is 0.000000302. The summed E-state index contributed by atoms with van der Waals surface area (Å²) in [4.78, 5) is 8.55. The molecule has 0 spiro atoms. The van der Waals surface area contributed by atoms with E-state index >= 15 is 0 Å². The topological polar surface area (TPSA) is 42.2 Å². The molecule has 0 radical (unpaired) electrons. The highest BCUT2D eigenvalue weighted by Crippen LogP contribution is 2.26. The fourth-order valence-corrected chi connectivity index (χ4v) is 3.55. The zero-order valence-electron chi connectivity index (χ0n) is 20.2. The first-order chi connectivity index (χ1) is 16.5. The zero-order valence-corrected chi connectivity index (χ0v) is 20.2. The Morgan fingerprint density at radius 3 is 2.53 bits per heavy atom. The molecule has 0 saturated heterocycles. The van der Waals surface area contributed by atoms with E-state index in [1.54, 1.807) is 19.2 Å². The Bertz CT molecular complexity index is 1310. The summed E-state index contributed by atoms with van der Waals surface area (Å²) in [5.41, 5.74) is 8.73. The number of fused-ring (bicyclic) bond motifs is 1. The number of imidazole rings is 1. The van der Waals surface area contributed by atoms with Crippen molar-refractivity contribution in [3.8, 4) is 5.69 Å². The number of allylic oxidation sites excluding steroid dienone is 2. The molecule has 1 heterocycles. The molecule has 4 nitrogen and oxygen atoms in total. The molecule has 0 amide bonds. The summed E-state index contributed by atoms with van der Waals surface area (Å²) in [6.07, 6.45) is 8.51. The molecule has 1 aromatic heterocycles. The molecule has 3 aromatic carbocycles. The molecule has 174 valence electrons. The molecular formula is C29H31FN4. The molecule has 0 aliphatic rings. The van der Waals surface area contributed by atoms with Gasteiger partial charge in [-0.25, -0.2) is 9.37 Å². The first-order valence-corrected chi connectivity index (χ1v) is 11.3. The standard InChI is InChI=1S/C21H22N4.C8H9F/c1-5-16-6-8-18(13-20(16)23-4)25-14-24-19-9-7-17(12-21(19)25)15(2)10-11-22-3;1-2-7-3-5-8(9)6-4-7/h5-14,23H,1H2,2-4H3;3-6H,2H2,1H3/b15-10+,22-11?;. The van der Waals surface area contributed by atoms with Gasteiger partial charge in [0.25, 0.3) is 0 Å². The van der Waals surface area contributed by atoms with E-state index < -0.39 is 0 Å². The van der Waals surface area contributed by atoms with Gasteiger partial charge in [0.1, 0.15) is 12.1 Å². The van der Waals surface area contributed by atoms with E-state index in [9.17, 15) is 4.39 Å². The van der Waals surface area contributed by atoms with Gasteiger partial charge in [-0.1, -0.05) is 43.8 Å². The van der Waals surface area contributed by atoms with Crippen LogP contribution in [-0.4, -0.2) is 29.9 Å². The van der Waals surface area contributed by atoms with Gasteiger partial charge in [0.2, 0.25) is 0 Å². The first kappa shape index (κ1) is 24.6. The fourth-order valence-electron chi connectivity index (χ4n) is 3.55. The van der Waals surface area contributed by atoms with Crippen molar-refractivity contribution >= 4 is 34.6 Å². The maximum absolute atomic E-state index is 12.2. The van der Waals surface area contributed by atoms with Crippen LogP contribution in [0.25, 0.3) is 28.4 Å². The van der Waals surface area contributed by atoms with Crippen molar-refractivity contribution in [1.82, 2.24) is 9.55 Å². The Hall–Kier alpha value is -3.99. The van der Waals surface area contributed by atoms with Crippen molar-refractivity contribution in [3.05, 3.63) is 102 Å². The molecule has 4 aromatic rings. The normalized spacial score (nSPS) is 11.4. The lowest BCUT2D eigenvalue weighted by molar-refractivity contribution is 0.627. The molecule has 0 aliphatic heterocycles. The van der Waals surface area contributed by atoms with Crippen LogP contribution in [0.1, 0.15) is 30.5 Å². The molecule has 0 bridgehead atoms. The van der Waals surface area contributed by atoms with Gasteiger partial charge >= 0.3 is 0 Å². The lowest BCUT2D eigenvalue weighted by Crippen LogP contribution is -1.97. The van der Waals surface area contributed by atoms with Crippen LogP contribution >= 0.6 is 0 Å². The predicted molar refractivity (Wildman–Crippen MR) is 145 cm³/mol.